The largest absolute Gasteiger partial charge is 0.368 e. The highest BCUT2D eigenvalue weighted by atomic mass is 32.7. The van der Waals surface area contributed by atoms with Gasteiger partial charge in [0.2, 0.25) is 23.2 Å². The van der Waals surface area contributed by atoms with Crippen LogP contribution in [0.1, 0.15) is 73.6 Å². The average molecular weight is 814 g/mol. The van der Waals surface area contributed by atoms with E-state index in [-0.39, 0.29) is 72.9 Å². The maximum atomic E-state index is 11.6. The van der Waals surface area contributed by atoms with E-state index in [9.17, 15) is 38.4 Å². The maximum absolute atomic E-state index is 11.6. The van der Waals surface area contributed by atoms with Gasteiger partial charge in [0.1, 0.15) is 0 Å². The molecule has 2 aliphatic heterocycles. The number of hydrogen-bond donors (Lipinski definition) is 5. The Hall–Kier alpha value is -2.68. The summed E-state index contributed by atoms with van der Waals surface area (Å²) in [7, 11) is 1.99. The van der Waals surface area contributed by atoms with Gasteiger partial charge in [0, 0.05) is 77.4 Å². The van der Waals surface area contributed by atoms with Gasteiger partial charge in [-0.05, 0) is 73.9 Å². The first-order valence-electron chi connectivity index (χ1n) is 14.2. The molecule has 2 aliphatic rings. The second kappa shape index (κ2) is 32.2. The van der Waals surface area contributed by atoms with E-state index in [4.69, 9.17) is 17.2 Å². The maximum Gasteiger partial charge on any atom is 0.253 e. The van der Waals surface area contributed by atoms with Gasteiger partial charge in [0.05, 0.1) is 19.4 Å². The van der Waals surface area contributed by atoms with Crippen molar-refractivity contribution in [3.05, 3.63) is 24.3 Å². The lowest BCUT2D eigenvalue weighted by molar-refractivity contribution is -0.139. The standard InChI is InChI=1S/C13H20N4O4.C13H18N3O4PS.3CH4.P2S2/c14-9(13(15)21)3-1-2-7-16-10(18)6-8-17-11(19)4-5-12(17)20;14-9(13(20)21-22)3-1-2-7-15-10(17)6-8-16-11(18)4-5-12(16)19;;;;3-1-2-4/h4-5,9H,1-3,6-8,14H2,(H2,15,21)(H,16,18);4-5,9H,1-3,6-8,14H2,(H,15,17);3*1H4;. The van der Waals surface area contributed by atoms with Crippen LogP contribution < -0.4 is 27.8 Å². The van der Waals surface area contributed by atoms with Crippen LogP contribution in [0.2, 0.25) is 0 Å². The lowest BCUT2D eigenvalue weighted by Crippen LogP contribution is -2.36. The predicted molar refractivity (Wildman–Crippen MR) is 208 cm³/mol. The van der Waals surface area contributed by atoms with Crippen LogP contribution in [0.5, 0.6) is 0 Å². The highest BCUT2D eigenvalue weighted by Crippen LogP contribution is 2.10. The number of rotatable bonds is 20. The van der Waals surface area contributed by atoms with Crippen molar-refractivity contribution in [3.63, 3.8) is 0 Å². The number of amides is 7. The van der Waals surface area contributed by atoms with Crippen molar-refractivity contribution in [3.8, 4) is 0 Å². The summed E-state index contributed by atoms with van der Waals surface area (Å²) >= 11 is 13.4. The van der Waals surface area contributed by atoms with E-state index >= 15 is 0 Å². The fraction of sp³-hybridized carbons (Fsp3) is 0.586. The summed E-state index contributed by atoms with van der Waals surface area (Å²) < 4.78 is 0. The molecule has 2 heterocycles. The summed E-state index contributed by atoms with van der Waals surface area (Å²) in [6.07, 6.45) is 8.67. The van der Waals surface area contributed by atoms with Crippen molar-refractivity contribution in [2.75, 3.05) is 26.2 Å². The molecule has 0 spiro atoms. The number of unbranched alkanes of at least 4 members (excludes halogenated alkanes) is 2. The van der Waals surface area contributed by atoms with E-state index in [0.29, 0.717) is 51.6 Å². The van der Waals surface area contributed by atoms with E-state index in [1.165, 1.54) is 24.3 Å². The van der Waals surface area contributed by atoms with Gasteiger partial charge in [-0.3, -0.25) is 48.2 Å². The number of carbonyl (C=O) groups excluding carboxylic acids is 8. The Morgan fingerprint density at radius 3 is 1.28 bits per heavy atom. The van der Waals surface area contributed by atoms with Crippen molar-refractivity contribution in [1.29, 1.82) is 0 Å². The molecular weight excluding hydrogens is 763 g/mol. The number of nitrogens with one attached hydrogen (secondary N) is 2. The van der Waals surface area contributed by atoms with E-state index in [1.807, 2.05) is 0 Å². The second-order valence-corrected chi connectivity index (χ2v) is 15.1. The average Bonchev–Trinajstić information content (AvgIpc) is 3.55. The lowest BCUT2D eigenvalue weighted by atomic mass is 10.1. The van der Waals surface area contributed by atoms with Gasteiger partial charge in [-0.15, -0.1) is 0 Å². The van der Waals surface area contributed by atoms with Crippen molar-refractivity contribution < 1.29 is 38.4 Å². The highest BCUT2D eigenvalue weighted by molar-refractivity contribution is 8.40. The Labute approximate surface area is 314 Å². The van der Waals surface area contributed by atoms with Crippen molar-refractivity contribution in [2.24, 2.45) is 17.2 Å². The minimum Gasteiger partial charge on any atom is -0.368 e. The normalized spacial score (nSPS) is 14.0. The van der Waals surface area contributed by atoms with Gasteiger partial charge in [0.15, 0.2) is 0 Å². The van der Waals surface area contributed by atoms with E-state index in [2.05, 4.69) is 46.1 Å². The molecule has 2 atom stereocenters. The third-order valence-corrected chi connectivity index (χ3v) is 9.98. The third-order valence-electron chi connectivity index (χ3n) is 6.26. The molecule has 21 heteroatoms. The Bertz CT molecular complexity index is 1220. The summed E-state index contributed by atoms with van der Waals surface area (Å²) in [5, 5.41) is 5.37. The first kappa shape index (κ1) is 54.1. The smallest absolute Gasteiger partial charge is 0.253 e. The second-order valence-electron chi connectivity index (χ2n) is 9.72. The summed E-state index contributed by atoms with van der Waals surface area (Å²) in [5.41, 5.74) is 16.0. The molecule has 15 nitrogen and oxygen atoms in total. The van der Waals surface area contributed by atoms with Crippen LogP contribution in [0.4, 0.5) is 0 Å². The van der Waals surface area contributed by atoms with Crippen LogP contribution in [-0.2, 0) is 73.8 Å². The SMILES string of the molecule is C.C.C.NC(=O)C(N)CCCCNC(=O)CCN1C(=O)C=CC1=O.NC(CCCCNC(=O)CCN1C(=O)C=CC1=O)C(=O)P=S.S=PP=S. The fourth-order valence-corrected chi connectivity index (χ4v) is 4.34. The quantitative estimate of drug-likeness (QED) is 0.0671. The van der Waals surface area contributed by atoms with E-state index in [0.717, 1.165) is 23.9 Å². The number of nitrogens with zero attached hydrogens (tertiary/aromatic N) is 2. The van der Waals surface area contributed by atoms with Crippen LogP contribution in [0, 0.1) is 0 Å². The van der Waals surface area contributed by atoms with Gasteiger partial charge in [-0.25, -0.2) is 0 Å². The number of nitrogens with two attached hydrogens (primary N) is 3. The van der Waals surface area contributed by atoms with Crippen LogP contribution in [0.3, 0.4) is 0 Å². The molecule has 8 N–H and O–H groups in total. The van der Waals surface area contributed by atoms with Gasteiger partial charge >= 0.3 is 0 Å². The molecule has 7 amide bonds. The zero-order valence-electron chi connectivity index (χ0n) is 25.4. The monoisotopic (exact) mass is 813 g/mol. The molecule has 0 aromatic rings. The van der Waals surface area contributed by atoms with Gasteiger partial charge in [-0.1, -0.05) is 22.3 Å². The molecule has 0 fully saturated rings. The predicted octanol–water partition coefficient (Wildman–Crippen LogP) is 1.88. The number of primary amides is 1. The Balaban J connectivity index is -0.000000362. The zero-order valence-corrected chi connectivity index (χ0v) is 30.5. The zero-order chi connectivity index (χ0) is 35.8. The highest BCUT2D eigenvalue weighted by Gasteiger charge is 2.24. The van der Waals surface area contributed by atoms with Gasteiger partial charge < -0.3 is 27.8 Å². The molecular formula is C29H50N7O8P3S3. The molecule has 0 saturated carbocycles. The van der Waals surface area contributed by atoms with Crippen LogP contribution in [0.15, 0.2) is 24.3 Å². The summed E-state index contributed by atoms with van der Waals surface area (Å²) in [6, 6.07) is -1.19. The summed E-state index contributed by atoms with van der Waals surface area (Å²) in [4.78, 5) is 92.1. The molecule has 2 rings (SSSR count). The molecule has 0 saturated heterocycles. The summed E-state index contributed by atoms with van der Waals surface area (Å²) in [6.45, 7) is 1.06. The fourth-order valence-electron chi connectivity index (χ4n) is 3.67. The minimum atomic E-state index is -0.652. The molecule has 0 bridgehead atoms. The first-order valence-corrected chi connectivity index (χ1v) is 20.6. The third kappa shape index (κ3) is 24.5. The van der Waals surface area contributed by atoms with E-state index < -0.39 is 41.6 Å². The summed E-state index contributed by atoms with van der Waals surface area (Å²) in [5.74, 6) is -2.57. The Morgan fingerprint density at radius 2 is 0.980 bits per heavy atom. The first-order chi connectivity index (χ1) is 22.3. The Kier molecular flexibility index (Phi) is 34.9. The van der Waals surface area contributed by atoms with Gasteiger partial charge in [0.25, 0.3) is 23.6 Å². The van der Waals surface area contributed by atoms with Crippen LogP contribution in [0.25, 0.3) is 0 Å². The van der Waals surface area contributed by atoms with Crippen molar-refractivity contribution in [2.45, 2.75) is 85.7 Å². The van der Waals surface area contributed by atoms with Crippen LogP contribution in [-0.4, -0.2) is 94.9 Å². The molecule has 2 unspecified atom stereocenters. The molecule has 282 valence electrons. The number of carbonyl (C=O) groups is 8. The topological polar surface area (TPSA) is 245 Å². The lowest BCUT2D eigenvalue weighted by Gasteiger charge is -2.13. The van der Waals surface area contributed by atoms with Crippen LogP contribution >= 0.6 is 21.4 Å². The molecule has 0 aromatic heterocycles. The van der Waals surface area contributed by atoms with Crippen molar-refractivity contribution in [1.82, 2.24) is 20.4 Å². The Morgan fingerprint density at radius 1 is 0.640 bits per heavy atom. The van der Waals surface area contributed by atoms with E-state index in [1.54, 1.807) is 0 Å². The van der Waals surface area contributed by atoms with Gasteiger partial charge in [-0.2, -0.15) is 0 Å². The number of imide groups is 2. The molecule has 0 radical (unpaired) electrons. The van der Waals surface area contributed by atoms with Crippen molar-refractivity contribution >= 4 is 104 Å². The molecule has 50 heavy (non-hydrogen) atoms. The minimum absolute atomic E-state index is 0. The number of hydrogen-bond acceptors (Lipinski definition) is 13. The molecule has 0 aromatic carbocycles. The molecule has 0 aliphatic carbocycles.